The molecule has 3 aromatic carbocycles. The second-order valence-electron chi connectivity index (χ2n) is 7.96. The lowest BCUT2D eigenvalue weighted by Crippen LogP contribution is -2.24. The van der Waals surface area contributed by atoms with Gasteiger partial charge >= 0.3 is 5.97 Å². The first-order valence-electron chi connectivity index (χ1n) is 11.4. The van der Waals surface area contributed by atoms with Gasteiger partial charge in [-0.2, -0.15) is 13.5 Å². The summed E-state index contributed by atoms with van der Waals surface area (Å²) in [6.45, 7) is 1.73. The molecule has 0 aliphatic carbocycles. The van der Waals surface area contributed by atoms with Crippen LogP contribution in [0.3, 0.4) is 0 Å². The molecule has 0 radical (unpaired) electrons. The van der Waals surface area contributed by atoms with E-state index in [2.05, 4.69) is 10.5 Å². The highest BCUT2D eigenvalue weighted by Gasteiger charge is 2.20. The zero-order valence-electron chi connectivity index (χ0n) is 20.1. The van der Waals surface area contributed by atoms with Gasteiger partial charge in [0.25, 0.3) is 10.1 Å². The summed E-state index contributed by atoms with van der Waals surface area (Å²) in [4.78, 5) is 24.8. The van der Waals surface area contributed by atoms with Gasteiger partial charge in [0.05, 0.1) is 30.7 Å². The number of benzene rings is 3. The second-order valence-corrected chi connectivity index (χ2v) is 9.60. The molecule has 1 atom stereocenters. The van der Waals surface area contributed by atoms with Crippen molar-refractivity contribution < 1.29 is 26.9 Å². The molecular formula is C27H28N2O6S. The third-order valence-electron chi connectivity index (χ3n) is 5.20. The van der Waals surface area contributed by atoms with E-state index >= 15 is 0 Å². The van der Waals surface area contributed by atoms with Crippen molar-refractivity contribution >= 4 is 27.7 Å². The zero-order valence-corrected chi connectivity index (χ0v) is 20.9. The number of esters is 1. The van der Waals surface area contributed by atoms with Crippen molar-refractivity contribution in [1.82, 2.24) is 5.43 Å². The fourth-order valence-corrected chi connectivity index (χ4v) is 3.87. The Morgan fingerprint density at radius 1 is 0.861 bits per heavy atom. The molecule has 0 fully saturated rings. The molecule has 0 saturated carbocycles. The average molecular weight is 509 g/mol. The van der Waals surface area contributed by atoms with Crippen LogP contribution in [-0.2, 0) is 23.8 Å². The van der Waals surface area contributed by atoms with Gasteiger partial charge in [-0.1, -0.05) is 72.8 Å². The van der Waals surface area contributed by atoms with Crippen LogP contribution >= 0.6 is 0 Å². The van der Waals surface area contributed by atoms with E-state index in [1.165, 1.54) is 0 Å². The van der Waals surface area contributed by atoms with Crippen molar-refractivity contribution in [3.05, 3.63) is 107 Å². The van der Waals surface area contributed by atoms with E-state index < -0.39 is 27.9 Å². The predicted molar refractivity (Wildman–Crippen MR) is 137 cm³/mol. The van der Waals surface area contributed by atoms with Gasteiger partial charge < -0.3 is 4.74 Å². The summed E-state index contributed by atoms with van der Waals surface area (Å²) < 4.78 is 33.2. The summed E-state index contributed by atoms with van der Waals surface area (Å²) >= 11 is 0. The molecule has 0 aromatic heterocycles. The highest BCUT2D eigenvalue weighted by Crippen LogP contribution is 2.22. The van der Waals surface area contributed by atoms with E-state index in [9.17, 15) is 18.0 Å². The smallest absolute Gasteiger partial charge is 0.338 e. The molecule has 9 heteroatoms. The normalized spacial score (nSPS) is 11.8. The van der Waals surface area contributed by atoms with Gasteiger partial charge in [0, 0.05) is 23.5 Å². The van der Waals surface area contributed by atoms with E-state index in [0.717, 1.165) is 17.4 Å². The van der Waals surface area contributed by atoms with Crippen LogP contribution in [0.15, 0.2) is 90.0 Å². The number of carbonyl (C=O) groups is 2. The number of hydrogen-bond acceptors (Lipinski definition) is 7. The molecule has 0 bridgehead atoms. The fraction of sp³-hybridized carbons (Fsp3) is 0.222. The minimum absolute atomic E-state index is 0.0887. The summed E-state index contributed by atoms with van der Waals surface area (Å²) in [5.74, 6) is -1.48. The van der Waals surface area contributed by atoms with Crippen molar-refractivity contribution in [1.29, 1.82) is 0 Å². The van der Waals surface area contributed by atoms with Crippen LogP contribution in [0.1, 0.15) is 46.3 Å². The van der Waals surface area contributed by atoms with Gasteiger partial charge in [0.2, 0.25) is 5.91 Å². The average Bonchev–Trinajstić information content (AvgIpc) is 2.88. The van der Waals surface area contributed by atoms with Gasteiger partial charge in [0.1, 0.15) is 0 Å². The minimum Gasteiger partial charge on any atom is -0.462 e. The summed E-state index contributed by atoms with van der Waals surface area (Å²) in [7, 11) is -3.72. The lowest BCUT2D eigenvalue weighted by Gasteiger charge is -2.17. The van der Waals surface area contributed by atoms with E-state index in [1.54, 1.807) is 31.2 Å². The quantitative estimate of drug-likeness (QED) is 0.182. The Bertz CT molecular complexity index is 1250. The summed E-state index contributed by atoms with van der Waals surface area (Å²) in [5.41, 5.74) is 5.83. The monoisotopic (exact) mass is 508 g/mol. The van der Waals surface area contributed by atoms with E-state index in [0.29, 0.717) is 16.8 Å². The third kappa shape index (κ3) is 8.14. The van der Waals surface area contributed by atoms with Gasteiger partial charge in [0.15, 0.2) is 0 Å². The SMILES string of the molecule is CCOC(=O)c1ccc(C(COS(C)(=O)=O)CC(=O)NN=C(c2ccccc2)c2ccccc2)cc1. The Labute approximate surface area is 211 Å². The number of amides is 1. The predicted octanol–water partition coefficient (Wildman–Crippen LogP) is 3.88. The summed E-state index contributed by atoms with van der Waals surface area (Å²) in [5, 5.41) is 4.37. The van der Waals surface area contributed by atoms with E-state index in [4.69, 9.17) is 8.92 Å². The third-order valence-corrected chi connectivity index (χ3v) is 5.76. The fourth-order valence-electron chi connectivity index (χ4n) is 3.46. The number of hydrogen-bond donors (Lipinski definition) is 1. The zero-order chi connectivity index (χ0) is 26.0. The van der Waals surface area contributed by atoms with Crippen molar-refractivity contribution in [3.63, 3.8) is 0 Å². The molecule has 8 nitrogen and oxygen atoms in total. The number of hydrazone groups is 1. The van der Waals surface area contributed by atoms with Gasteiger partial charge in [-0.3, -0.25) is 8.98 Å². The standard InChI is InChI=1S/C27H28N2O6S/c1-3-34-27(31)23-16-14-20(15-17-23)24(19-35-36(2,32)33)18-25(30)28-29-26(21-10-6-4-7-11-21)22-12-8-5-9-13-22/h4-17,24H,3,18-19H2,1-2H3,(H,28,30). The number of ether oxygens (including phenoxy) is 1. The molecule has 3 aromatic rings. The first kappa shape index (κ1) is 26.8. The molecule has 1 unspecified atom stereocenters. The topological polar surface area (TPSA) is 111 Å². The molecule has 1 N–H and O–H groups in total. The molecule has 1 amide bonds. The molecule has 0 heterocycles. The first-order chi connectivity index (χ1) is 17.3. The van der Waals surface area contributed by atoms with Gasteiger partial charge in [-0.25, -0.2) is 10.2 Å². The Kier molecular flexibility index (Phi) is 9.49. The minimum atomic E-state index is -3.72. The first-order valence-corrected chi connectivity index (χ1v) is 13.2. The van der Waals surface area contributed by atoms with Crippen LogP contribution in [0, 0.1) is 0 Å². The maximum atomic E-state index is 12.9. The second kappa shape index (κ2) is 12.8. The molecule has 188 valence electrons. The van der Waals surface area contributed by atoms with E-state index in [1.807, 2.05) is 60.7 Å². The number of nitrogens with zero attached hydrogens (tertiary/aromatic N) is 1. The van der Waals surface area contributed by atoms with Crippen LogP contribution in [0.5, 0.6) is 0 Å². The summed E-state index contributed by atoms with van der Waals surface area (Å²) in [6, 6.07) is 25.3. The molecule has 0 aliphatic rings. The van der Waals surface area contributed by atoms with Crippen molar-refractivity contribution in [2.24, 2.45) is 5.10 Å². The Balaban J connectivity index is 1.80. The van der Waals surface area contributed by atoms with Crippen molar-refractivity contribution in [2.75, 3.05) is 19.5 Å². The van der Waals surface area contributed by atoms with Crippen molar-refractivity contribution in [3.8, 4) is 0 Å². The molecule has 3 rings (SSSR count). The highest BCUT2D eigenvalue weighted by molar-refractivity contribution is 7.85. The molecular weight excluding hydrogens is 480 g/mol. The van der Waals surface area contributed by atoms with Crippen LogP contribution < -0.4 is 5.43 Å². The lowest BCUT2D eigenvalue weighted by atomic mass is 9.95. The van der Waals surface area contributed by atoms with Crippen molar-refractivity contribution in [2.45, 2.75) is 19.3 Å². The van der Waals surface area contributed by atoms with Crippen LogP contribution in [0.4, 0.5) is 0 Å². The highest BCUT2D eigenvalue weighted by atomic mass is 32.2. The number of rotatable bonds is 11. The molecule has 36 heavy (non-hydrogen) atoms. The maximum Gasteiger partial charge on any atom is 0.338 e. The van der Waals surface area contributed by atoms with Crippen LogP contribution in [0.2, 0.25) is 0 Å². The Morgan fingerprint density at radius 3 is 1.92 bits per heavy atom. The van der Waals surface area contributed by atoms with Gasteiger partial charge in [-0.05, 0) is 24.6 Å². The molecule has 0 spiro atoms. The van der Waals surface area contributed by atoms with Gasteiger partial charge in [-0.15, -0.1) is 0 Å². The molecule has 0 aliphatic heterocycles. The Hall–Kier alpha value is -3.82. The molecule has 0 saturated heterocycles. The van der Waals surface area contributed by atoms with Crippen LogP contribution in [-0.4, -0.2) is 45.5 Å². The van der Waals surface area contributed by atoms with E-state index in [-0.39, 0.29) is 19.6 Å². The number of nitrogens with one attached hydrogen (secondary N) is 1. The summed E-state index contributed by atoms with van der Waals surface area (Å²) in [6.07, 6.45) is 0.860. The maximum absolute atomic E-state index is 12.9. The Morgan fingerprint density at radius 2 is 1.42 bits per heavy atom. The lowest BCUT2D eigenvalue weighted by molar-refractivity contribution is -0.121. The van der Waals surface area contributed by atoms with Crippen LogP contribution in [0.25, 0.3) is 0 Å². The largest absolute Gasteiger partial charge is 0.462 e. The number of carbonyl (C=O) groups excluding carboxylic acids is 2.